The summed E-state index contributed by atoms with van der Waals surface area (Å²) >= 11 is 0. The summed E-state index contributed by atoms with van der Waals surface area (Å²) < 4.78 is 10.5. The predicted octanol–water partition coefficient (Wildman–Crippen LogP) is 2.76. The van der Waals surface area contributed by atoms with Crippen LogP contribution < -0.4 is 10.5 Å². The van der Waals surface area contributed by atoms with Crippen LogP contribution in [0.25, 0.3) is 0 Å². The van der Waals surface area contributed by atoms with Gasteiger partial charge in [0.1, 0.15) is 5.75 Å². The highest BCUT2D eigenvalue weighted by Crippen LogP contribution is 2.21. The molecule has 0 amide bonds. The molecule has 5 heteroatoms. The number of anilines is 1. The molecule has 0 saturated carbocycles. The fourth-order valence-corrected chi connectivity index (χ4v) is 1.53. The zero-order chi connectivity index (χ0) is 15.2. The van der Waals surface area contributed by atoms with Crippen molar-refractivity contribution in [1.82, 2.24) is 0 Å². The number of nitriles is 1. The van der Waals surface area contributed by atoms with Gasteiger partial charge in [-0.15, -0.1) is 0 Å². The first-order valence-electron chi connectivity index (χ1n) is 6.49. The van der Waals surface area contributed by atoms with E-state index in [0.717, 1.165) is 0 Å². The van der Waals surface area contributed by atoms with Crippen molar-refractivity contribution in [3.8, 4) is 11.8 Å². The van der Waals surface area contributed by atoms with Crippen molar-refractivity contribution < 1.29 is 14.3 Å². The molecule has 1 aromatic rings. The lowest BCUT2D eigenvalue weighted by atomic mass is 9.92. The molecule has 0 atom stereocenters. The summed E-state index contributed by atoms with van der Waals surface area (Å²) in [6, 6.07) is 6.95. The Morgan fingerprint density at radius 1 is 1.40 bits per heavy atom. The smallest absolute Gasteiger partial charge is 0.338 e. The Hall–Kier alpha value is -2.22. The van der Waals surface area contributed by atoms with Crippen LogP contribution in [0.4, 0.5) is 5.69 Å². The van der Waals surface area contributed by atoms with Gasteiger partial charge in [-0.25, -0.2) is 4.79 Å². The lowest BCUT2D eigenvalue weighted by Gasteiger charge is -2.14. The van der Waals surface area contributed by atoms with Gasteiger partial charge in [0.05, 0.1) is 30.3 Å². The molecule has 0 fully saturated rings. The van der Waals surface area contributed by atoms with E-state index in [-0.39, 0.29) is 6.61 Å². The van der Waals surface area contributed by atoms with E-state index in [1.165, 1.54) is 0 Å². The maximum Gasteiger partial charge on any atom is 0.338 e. The molecule has 108 valence electrons. The van der Waals surface area contributed by atoms with Crippen molar-refractivity contribution in [2.75, 3.05) is 18.9 Å². The molecule has 0 heterocycles. The molecule has 0 unspecified atom stereocenters. The molecule has 5 nitrogen and oxygen atoms in total. The minimum atomic E-state index is -0.507. The molecule has 20 heavy (non-hydrogen) atoms. The molecule has 0 bridgehead atoms. The highest BCUT2D eigenvalue weighted by atomic mass is 16.5. The Bertz CT molecular complexity index is 518. The highest BCUT2D eigenvalue weighted by molar-refractivity contribution is 5.91. The van der Waals surface area contributed by atoms with Crippen LogP contribution in [0.1, 0.15) is 37.6 Å². The third kappa shape index (κ3) is 4.81. The van der Waals surface area contributed by atoms with Gasteiger partial charge in [0.25, 0.3) is 0 Å². The van der Waals surface area contributed by atoms with E-state index in [4.69, 9.17) is 20.5 Å². The van der Waals surface area contributed by atoms with Crippen LogP contribution in [0, 0.1) is 16.7 Å². The van der Waals surface area contributed by atoms with Gasteiger partial charge in [0.15, 0.2) is 0 Å². The first kappa shape index (κ1) is 15.8. The molecule has 0 radical (unpaired) electrons. The Morgan fingerprint density at radius 2 is 2.10 bits per heavy atom. The van der Waals surface area contributed by atoms with Crippen LogP contribution in [0.3, 0.4) is 0 Å². The number of nitrogens with two attached hydrogens (primary N) is 1. The Kier molecular flexibility index (Phi) is 5.39. The van der Waals surface area contributed by atoms with Crippen molar-refractivity contribution in [2.24, 2.45) is 5.41 Å². The maximum absolute atomic E-state index is 11.9. The number of hydrogen-bond donors (Lipinski definition) is 1. The fourth-order valence-electron chi connectivity index (χ4n) is 1.53. The third-order valence-electron chi connectivity index (χ3n) is 2.74. The third-order valence-corrected chi connectivity index (χ3v) is 2.74. The van der Waals surface area contributed by atoms with Crippen LogP contribution in [-0.2, 0) is 4.74 Å². The average Bonchev–Trinajstić information content (AvgIpc) is 2.38. The van der Waals surface area contributed by atoms with Crippen LogP contribution in [0.2, 0.25) is 0 Å². The SMILES string of the molecule is CCOc1cc(N)cc(C(=O)OCCC(C)(C)C#N)c1. The number of ether oxygens (including phenoxy) is 2. The van der Waals surface area contributed by atoms with Crippen molar-refractivity contribution >= 4 is 11.7 Å². The predicted molar refractivity (Wildman–Crippen MR) is 76.3 cm³/mol. The van der Waals surface area contributed by atoms with Crippen LogP contribution in [-0.4, -0.2) is 19.2 Å². The zero-order valence-corrected chi connectivity index (χ0v) is 12.1. The molecule has 0 spiro atoms. The van der Waals surface area contributed by atoms with Crippen molar-refractivity contribution in [2.45, 2.75) is 27.2 Å². The average molecular weight is 276 g/mol. The molecular weight excluding hydrogens is 256 g/mol. The summed E-state index contributed by atoms with van der Waals surface area (Å²) in [5, 5.41) is 8.88. The van der Waals surface area contributed by atoms with Gasteiger partial charge in [0, 0.05) is 11.8 Å². The van der Waals surface area contributed by atoms with Crippen LogP contribution >= 0.6 is 0 Å². The van der Waals surface area contributed by atoms with Crippen molar-refractivity contribution in [1.29, 1.82) is 5.26 Å². The molecular formula is C15H20N2O3. The maximum atomic E-state index is 11.9. The summed E-state index contributed by atoms with van der Waals surface area (Å²) in [7, 11) is 0. The monoisotopic (exact) mass is 276 g/mol. The Labute approximate surface area is 119 Å². The number of rotatable bonds is 6. The molecule has 2 N–H and O–H groups in total. The molecule has 1 aromatic carbocycles. The number of hydrogen-bond acceptors (Lipinski definition) is 5. The van der Waals surface area contributed by atoms with E-state index in [2.05, 4.69) is 6.07 Å². The van der Waals surface area contributed by atoms with Crippen molar-refractivity contribution in [3.05, 3.63) is 23.8 Å². The molecule has 0 aliphatic rings. The normalized spacial score (nSPS) is 10.7. The zero-order valence-electron chi connectivity index (χ0n) is 12.1. The van der Waals surface area contributed by atoms with Crippen LogP contribution in [0.5, 0.6) is 5.75 Å². The van der Waals surface area contributed by atoms with Gasteiger partial charge < -0.3 is 15.2 Å². The molecule has 0 aromatic heterocycles. The van der Waals surface area contributed by atoms with E-state index in [1.807, 2.05) is 6.92 Å². The summed E-state index contributed by atoms with van der Waals surface area (Å²) in [6.45, 7) is 6.14. The van der Waals surface area contributed by atoms with E-state index >= 15 is 0 Å². The Morgan fingerprint density at radius 3 is 2.70 bits per heavy atom. The summed E-state index contributed by atoms with van der Waals surface area (Å²) in [5.41, 5.74) is 6.00. The minimum Gasteiger partial charge on any atom is -0.494 e. The number of nitrogen functional groups attached to an aromatic ring is 1. The topological polar surface area (TPSA) is 85.3 Å². The number of benzene rings is 1. The second-order valence-corrected chi connectivity index (χ2v) is 5.11. The number of nitrogens with zero attached hydrogens (tertiary/aromatic N) is 1. The lowest BCUT2D eigenvalue weighted by Crippen LogP contribution is -2.15. The number of esters is 1. The second-order valence-electron chi connectivity index (χ2n) is 5.11. The lowest BCUT2D eigenvalue weighted by molar-refractivity contribution is 0.0474. The first-order valence-corrected chi connectivity index (χ1v) is 6.49. The summed E-state index contributed by atoms with van der Waals surface area (Å²) in [6.07, 6.45) is 0.482. The van der Waals surface area contributed by atoms with E-state index < -0.39 is 11.4 Å². The van der Waals surface area contributed by atoms with Gasteiger partial charge in [-0.2, -0.15) is 5.26 Å². The van der Waals surface area contributed by atoms with Gasteiger partial charge in [0.2, 0.25) is 0 Å². The number of carbonyl (C=O) groups excluding carboxylic acids is 1. The quantitative estimate of drug-likeness (QED) is 0.637. The Balaban J connectivity index is 2.66. The summed E-state index contributed by atoms with van der Waals surface area (Å²) in [5.74, 6) is 0.0730. The minimum absolute atomic E-state index is 0.193. The second kappa shape index (κ2) is 6.80. The molecule has 0 saturated heterocycles. The van der Waals surface area contributed by atoms with Crippen molar-refractivity contribution in [3.63, 3.8) is 0 Å². The largest absolute Gasteiger partial charge is 0.494 e. The van der Waals surface area contributed by atoms with Gasteiger partial charge in [-0.3, -0.25) is 0 Å². The van der Waals surface area contributed by atoms with Crippen LogP contribution in [0.15, 0.2) is 18.2 Å². The first-order chi connectivity index (χ1) is 9.38. The van der Waals surface area contributed by atoms with Gasteiger partial charge >= 0.3 is 5.97 Å². The summed E-state index contributed by atoms with van der Waals surface area (Å²) in [4.78, 5) is 11.9. The molecule has 0 aliphatic carbocycles. The van der Waals surface area contributed by atoms with Gasteiger partial charge in [-0.05, 0) is 39.3 Å². The standard InChI is InChI=1S/C15H20N2O3/c1-4-19-13-8-11(7-12(17)9-13)14(18)20-6-5-15(2,3)10-16/h7-9H,4-6,17H2,1-3H3. The van der Waals surface area contributed by atoms with E-state index in [0.29, 0.717) is 30.0 Å². The molecule has 0 aliphatic heterocycles. The van der Waals surface area contributed by atoms with E-state index in [1.54, 1.807) is 32.0 Å². The highest BCUT2D eigenvalue weighted by Gasteiger charge is 2.18. The van der Waals surface area contributed by atoms with E-state index in [9.17, 15) is 4.79 Å². The number of carbonyl (C=O) groups is 1. The molecule has 1 rings (SSSR count). The fraction of sp³-hybridized carbons (Fsp3) is 0.467. The van der Waals surface area contributed by atoms with Gasteiger partial charge in [-0.1, -0.05) is 0 Å².